The van der Waals surface area contributed by atoms with Gasteiger partial charge in [0.05, 0.1) is 6.04 Å². The molecule has 0 radical (unpaired) electrons. The van der Waals surface area contributed by atoms with Gasteiger partial charge in [0.25, 0.3) is 0 Å². The number of aromatic nitrogens is 6. The largest absolute Gasteiger partial charge is 0.383 e. The average Bonchev–Trinajstić information content (AvgIpc) is 3.09. The first-order chi connectivity index (χ1) is 9.79. The van der Waals surface area contributed by atoms with E-state index in [0.29, 0.717) is 11.9 Å². The Morgan fingerprint density at radius 2 is 2.15 bits per heavy atom. The molecule has 3 rings (SSSR count). The van der Waals surface area contributed by atoms with E-state index in [-0.39, 0.29) is 0 Å². The van der Waals surface area contributed by atoms with Gasteiger partial charge in [-0.15, -0.1) is 5.10 Å². The molecular formula is C12H17N7S. The molecule has 1 fully saturated rings. The molecule has 0 spiro atoms. The summed E-state index contributed by atoms with van der Waals surface area (Å²) in [5.74, 6) is 0.532. The summed E-state index contributed by atoms with van der Waals surface area (Å²) in [5, 5.41) is 13.7. The van der Waals surface area contributed by atoms with Crippen LogP contribution in [0.3, 0.4) is 0 Å². The summed E-state index contributed by atoms with van der Waals surface area (Å²) in [7, 11) is 0. The van der Waals surface area contributed by atoms with E-state index in [2.05, 4.69) is 25.5 Å². The lowest BCUT2D eigenvalue weighted by Gasteiger charge is -2.11. The first-order valence-electron chi connectivity index (χ1n) is 6.84. The highest BCUT2D eigenvalue weighted by Gasteiger charge is 2.23. The van der Waals surface area contributed by atoms with Crippen molar-refractivity contribution in [1.82, 2.24) is 30.2 Å². The molecule has 2 heterocycles. The minimum absolute atomic E-state index is 0.414. The molecule has 0 amide bonds. The highest BCUT2D eigenvalue weighted by molar-refractivity contribution is 7.99. The number of anilines is 1. The number of nitrogen functional groups attached to an aromatic ring is 1. The zero-order valence-corrected chi connectivity index (χ0v) is 12.2. The third-order valence-electron chi connectivity index (χ3n) is 3.61. The molecule has 0 atom stereocenters. The summed E-state index contributed by atoms with van der Waals surface area (Å²) >= 11 is 1.47. The minimum atomic E-state index is 0.414. The predicted octanol–water partition coefficient (Wildman–Crippen LogP) is 1.87. The van der Waals surface area contributed by atoms with E-state index in [1.165, 1.54) is 30.9 Å². The first-order valence-corrected chi connectivity index (χ1v) is 7.66. The molecule has 20 heavy (non-hydrogen) atoms. The van der Waals surface area contributed by atoms with Crippen molar-refractivity contribution in [1.29, 1.82) is 0 Å². The Hall–Kier alpha value is -1.70. The van der Waals surface area contributed by atoms with Crippen molar-refractivity contribution in [2.75, 3.05) is 5.73 Å². The summed E-state index contributed by atoms with van der Waals surface area (Å²) in [4.78, 5) is 8.35. The van der Waals surface area contributed by atoms with Crippen molar-refractivity contribution < 1.29 is 0 Å². The Labute approximate surface area is 121 Å². The molecule has 0 aromatic carbocycles. The van der Waals surface area contributed by atoms with E-state index in [1.807, 2.05) is 11.6 Å². The molecule has 7 nitrogen and oxygen atoms in total. The quantitative estimate of drug-likeness (QED) is 0.859. The zero-order valence-electron chi connectivity index (χ0n) is 11.4. The summed E-state index contributed by atoms with van der Waals surface area (Å²) in [6.07, 6.45) is 7.06. The third kappa shape index (κ3) is 2.47. The number of nitrogens with zero attached hydrogens (tertiary/aromatic N) is 6. The van der Waals surface area contributed by atoms with Gasteiger partial charge in [0.2, 0.25) is 5.16 Å². The lowest BCUT2D eigenvalue weighted by molar-refractivity contribution is 0.423. The van der Waals surface area contributed by atoms with Crippen molar-refractivity contribution in [3.05, 3.63) is 11.9 Å². The van der Waals surface area contributed by atoms with Crippen molar-refractivity contribution in [2.24, 2.45) is 0 Å². The topological polar surface area (TPSA) is 95.4 Å². The normalized spacial score (nSPS) is 15.8. The van der Waals surface area contributed by atoms with E-state index in [9.17, 15) is 0 Å². The van der Waals surface area contributed by atoms with Gasteiger partial charge in [-0.25, -0.2) is 14.6 Å². The Bertz CT molecular complexity index is 591. The van der Waals surface area contributed by atoms with E-state index in [0.717, 1.165) is 35.0 Å². The molecule has 0 saturated heterocycles. The number of hydrogen-bond acceptors (Lipinski definition) is 7. The van der Waals surface area contributed by atoms with Crippen LogP contribution < -0.4 is 5.73 Å². The first kappa shape index (κ1) is 13.3. The molecule has 1 saturated carbocycles. The summed E-state index contributed by atoms with van der Waals surface area (Å²) in [6, 6.07) is 0.414. The number of hydrogen-bond donors (Lipinski definition) is 1. The lowest BCUT2D eigenvalue weighted by atomic mass is 10.2. The lowest BCUT2D eigenvalue weighted by Crippen LogP contribution is -2.09. The summed E-state index contributed by atoms with van der Waals surface area (Å²) in [6.45, 7) is 2.04. The highest BCUT2D eigenvalue weighted by atomic mass is 32.2. The van der Waals surface area contributed by atoms with Crippen LogP contribution in [-0.4, -0.2) is 30.2 Å². The Balaban J connectivity index is 1.88. The maximum Gasteiger partial charge on any atom is 0.215 e. The second-order valence-corrected chi connectivity index (χ2v) is 5.80. The van der Waals surface area contributed by atoms with Crippen LogP contribution in [0.15, 0.2) is 16.5 Å². The molecule has 2 aromatic heterocycles. The van der Waals surface area contributed by atoms with Crippen LogP contribution in [0.2, 0.25) is 0 Å². The zero-order chi connectivity index (χ0) is 13.9. The number of nitrogens with two attached hydrogens (primary N) is 1. The molecular weight excluding hydrogens is 274 g/mol. The fraction of sp³-hybridized carbons (Fsp3) is 0.583. The molecule has 0 unspecified atom stereocenters. The van der Waals surface area contributed by atoms with Crippen LogP contribution in [0.5, 0.6) is 0 Å². The van der Waals surface area contributed by atoms with E-state index in [1.54, 1.807) is 0 Å². The smallest absolute Gasteiger partial charge is 0.215 e. The summed E-state index contributed by atoms with van der Waals surface area (Å²) < 4.78 is 1.93. The standard InChI is InChI=1S/C12H17N7S/c1-2-9-10(13)14-7-15-11(9)20-12-16-17-18-19(12)8-5-3-4-6-8/h7-8H,2-6H2,1H3,(H2,13,14,15). The van der Waals surface area contributed by atoms with Gasteiger partial charge in [-0.2, -0.15) is 0 Å². The van der Waals surface area contributed by atoms with Crippen LogP contribution in [-0.2, 0) is 6.42 Å². The second kappa shape index (κ2) is 5.74. The molecule has 106 valence electrons. The van der Waals surface area contributed by atoms with Crippen LogP contribution >= 0.6 is 11.8 Å². The number of tetrazole rings is 1. The van der Waals surface area contributed by atoms with Gasteiger partial charge < -0.3 is 5.73 Å². The van der Waals surface area contributed by atoms with Gasteiger partial charge in [0.15, 0.2) is 0 Å². The van der Waals surface area contributed by atoms with Crippen LogP contribution in [0.25, 0.3) is 0 Å². The highest BCUT2D eigenvalue weighted by Crippen LogP contribution is 2.34. The second-order valence-electron chi connectivity index (χ2n) is 4.84. The van der Waals surface area contributed by atoms with Gasteiger partial charge >= 0.3 is 0 Å². The Kier molecular flexibility index (Phi) is 3.81. The van der Waals surface area contributed by atoms with Gasteiger partial charge in [-0.05, 0) is 41.5 Å². The maximum atomic E-state index is 5.90. The maximum absolute atomic E-state index is 5.90. The van der Waals surface area contributed by atoms with E-state index < -0.39 is 0 Å². The van der Waals surface area contributed by atoms with Crippen LogP contribution in [0, 0.1) is 0 Å². The molecule has 1 aliphatic carbocycles. The molecule has 2 N–H and O–H groups in total. The average molecular weight is 291 g/mol. The third-order valence-corrected chi connectivity index (χ3v) is 4.61. The van der Waals surface area contributed by atoms with Crippen molar-refractivity contribution in [3.63, 3.8) is 0 Å². The van der Waals surface area contributed by atoms with Crippen LogP contribution in [0.4, 0.5) is 5.82 Å². The SMILES string of the molecule is CCc1c(N)ncnc1Sc1nnnn1C1CCCC1. The Morgan fingerprint density at radius 3 is 2.90 bits per heavy atom. The monoisotopic (exact) mass is 291 g/mol. The minimum Gasteiger partial charge on any atom is -0.383 e. The Morgan fingerprint density at radius 1 is 1.35 bits per heavy atom. The van der Waals surface area contributed by atoms with Gasteiger partial charge in [0.1, 0.15) is 17.2 Å². The van der Waals surface area contributed by atoms with Crippen LogP contribution in [0.1, 0.15) is 44.2 Å². The predicted molar refractivity (Wildman–Crippen MR) is 75.3 cm³/mol. The van der Waals surface area contributed by atoms with Crippen molar-refractivity contribution in [2.45, 2.75) is 55.3 Å². The van der Waals surface area contributed by atoms with Crippen molar-refractivity contribution in [3.8, 4) is 0 Å². The van der Waals surface area contributed by atoms with E-state index in [4.69, 9.17) is 5.73 Å². The fourth-order valence-corrected chi connectivity index (χ4v) is 3.55. The van der Waals surface area contributed by atoms with Gasteiger partial charge in [-0.1, -0.05) is 19.8 Å². The molecule has 1 aliphatic rings. The number of rotatable bonds is 4. The van der Waals surface area contributed by atoms with Gasteiger partial charge in [0, 0.05) is 5.56 Å². The molecule has 0 bridgehead atoms. The van der Waals surface area contributed by atoms with Gasteiger partial charge in [-0.3, -0.25) is 0 Å². The summed E-state index contributed by atoms with van der Waals surface area (Å²) in [5.41, 5.74) is 6.86. The molecule has 2 aromatic rings. The van der Waals surface area contributed by atoms with E-state index >= 15 is 0 Å². The fourth-order valence-electron chi connectivity index (χ4n) is 2.55. The molecule has 8 heteroatoms. The van der Waals surface area contributed by atoms with Crippen molar-refractivity contribution >= 4 is 17.6 Å². The molecule has 0 aliphatic heterocycles.